The summed E-state index contributed by atoms with van der Waals surface area (Å²) in [6, 6.07) is 5.72. The molecule has 25 heavy (non-hydrogen) atoms. The lowest BCUT2D eigenvalue weighted by atomic mass is 10.1. The molecule has 0 unspecified atom stereocenters. The van der Waals surface area contributed by atoms with Crippen LogP contribution in [0.1, 0.15) is 28.5 Å². The Kier molecular flexibility index (Phi) is 4.63. The van der Waals surface area contributed by atoms with E-state index in [-0.39, 0.29) is 5.78 Å². The van der Waals surface area contributed by atoms with Gasteiger partial charge in [0.05, 0.1) is 31.2 Å². The van der Waals surface area contributed by atoms with E-state index in [1.807, 2.05) is 37.4 Å². The molecule has 0 saturated heterocycles. The molecular formula is C19H20N2O3S. The van der Waals surface area contributed by atoms with Crippen LogP contribution in [0.4, 0.5) is 0 Å². The number of carbonyl (C=O) groups is 1. The van der Waals surface area contributed by atoms with E-state index in [4.69, 9.17) is 14.5 Å². The molecule has 3 rings (SSSR count). The lowest BCUT2D eigenvalue weighted by Gasteiger charge is -2.10. The predicted octanol–water partition coefficient (Wildman–Crippen LogP) is 4.64. The van der Waals surface area contributed by atoms with Crippen LogP contribution in [0, 0.1) is 13.8 Å². The maximum atomic E-state index is 11.8. The largest absolute Gasteiger partial charge is 0.493 e. The average molecular weight is 356 g/mol. The zero-order chi connectivity index (χ0) is 18.1. The van der Waals surface area contributed by atoms with Gasteiger partial charge in [0, 0.05) is 16.6 Å². The summed E-state index contributed by atoms with van der Waals surface area (Å²) in [5.74, 6) is 1.39. The van der Waals surface area contributed by atoms with E-state index >= 15 is 0 Å². The molecule has 2 aromatic heterocycles. The van der Waals surface area contributed by atoms with Crippen molar-refractivity contribution in [1.29, 1.82) is 0 Å². The number of rotatable bonds is 5. The second-order valence-corrected chi connectivity index (χ2v) is 6.62. The molecule has 0 amide bonds. The summed E-state index contributed by atoms with van der Waals surface area (Å²) in [6.07, 6.45) is 0. The standard InChI is InChI=1S/C19H20N2O3S/c1-10-16(12(3)22)11(2)20-17(10)14-9-25-19(21-14)13-7-6-8-15(23-4)18(13)24-5/h6-9,20H,1-5H3. The van der Waals surface area contributed by atoms with Crippen molar-refractivity contribution in [3.63, 3.8) is 0 Å². The quantitative estimate of drug-likeness (QED) is 0.676. The highest BCUT2D eigenvalue weighted by atomic mass is 32.1. The molecule has 1 aromatic carbocycles. The van der Waals surface area contributed by atoms with Gasteiger partial charge in [0.2, 0.25) is 0 Å². The topological polar surface area (TPSA) is 64.2 Å². The van der Waals surface area contributed by atoms with Crippen molar-refractivity contribution in [1.82, 2.24) is 9.97 Å². The van der Waals surface area contributed by atoms with Crippen molar-refractivity contribution < 1.29 is 14.3 Å². The van der Waals surface area contributed by atoms with Gasteiger partial charge >= 0.3 is 0 Å². The second-order valence-electron chi connectivity index (χ2n) is 5.76. The van der Waals surface area contributed by atoms with Crippen molar-refractivity contribution in [2.24, 2.45) is 0 Å². The van der Waals surface area contributed by atoms with Crippen LogP contribution in [0.5, 0.6) is 11.5 Å². The molecule has 1 N–H and O–H groups in total. The highest BCUT2D eigenvalue weighted by Crippen LogP contribution is 2.40. The summed E-state index contributed by atoms with van der Waals surface area (Å²) >= 11 is 1.53. The maximum Gasteiger partial charge on any atom is 0.170 e. The van der Waals surface area contributed by atoms with Crippen molar-refractivity contribution in [3.8, 4) is 33.5 Å². The zero-order valence-corrected chi connectivity index (χ0v) is 15.7. The minimum Gasteiger partial charge on any atom is -0.493 e. The molecule has 3 aromatic rings. The van der Waals surface area contributed by atoms with Crippen molar-refractivity contribution >= 4 is 17.1 Å². The van der Waals surface area contributed by atoms with Gasteiger partial charge in [-0.05, 0) is 38.5 Å². The fourth-order valence-corrected chi connectivity index (χ4v) is 3.93. The SMILES string of the molecule is COc1cccc(-c2nc(-c3[nH]c(C)c(C(C)=O)c3C)cs2)c1OC. The minimum atomic E-state index is 0.0578. The molecule has 130 valence electrons. The van der Waals surface area contributed by atoms with Crippen LogP contribution in [0.15, 0.2) is 23.6 Å². The number of nitrogens with one attached hydrogen (secondary N) is 1. The van der Waals surface area contributed by atoms with E-state index in [1.165, 1.54) is 11.3 Å². The number of thiazole rings is 1. The smallest absolute Gasteiger partial charge is 0.170 e. The number of hydrogen-bond acceptors (Lipinski definition) is 5. The highest BCUT2D eigenvalue weighted by molar-refractivity contribution is 7.13. The van der Waals surface area contributed by atoms with Crippen LogP contribution in [0.25, 0.3) is 22.0 Å². The fraction of sp³-hybridized carbons (Fsp3) is 0.263. The van der Waals surface area contributed by atoms with E-state index in [2.05, 4.69) is 4.98 Å². The van der Waals surface area contributed by atoms with E-state index in [0.717, 1.165) is 38.8 Å². The van der Waals surface area contributed by atoms with Crippen LogP contribution >= 0.6 is 11.3 Å². The maximum absolute atomic E-state index is 11.8. The lowest BCUT2D eigenvalue weighted by molar-refractivity contribution is 0.101. The van der Waals surface area contributed by atoms with E-state index in [0.29, 0.717) is 11.5 Å². The Hall–Kier alpha value is -2.60. The molecule has 5 nitrogen and oxygen atoms in total. The summed E-state index contributed by atoms with van der Waals surface area (Å²) < 4.78 is 10.9. The third-order valence-electron chi connectivity index (χ3n) is 4.18. The number of nitrogens with zero attached hydrogens (tertiary/aromatic N) is 1. The number of ketones is 1. The molecular weight excluding hydrogens is 336 g/mol. The highest BCUT2D eigenvalue weighted by Gasteiger charge is 2.20. The first kappa shape index (κ1) is 17.2. The molecule has 0 aliphatic heterocycles. The first-order valence-electron chi connectivity index (χ1n) is 7.85. The molecule has 0 radical (unpaired) electrons. The number of H-pyrrole nitrogens is 1. The number of Topliss-reactive ketones (excluding diaryl/α,β-unsaturated/α-hetero) is 1. The van der Waals surface area contributed by atoms with Gasteiger partial charge in [0.15, 0.2) is 17.3 Å². The van der Waals surface area contributed by atoms with Crippen molar-refractivity contribution in [2.75, 3.05) is 14.2 Å². The normalized spacial score (nSPS) is 10.8. The van der Waals surface area contributed by atoms with Gasteiger partial charge in [-0.3, -0.25) is 4.79 Å². The molecule has 0 atom stereocenters. The summed E-state index contributed by atoms with van der Waals surface area (Å²) in [5, 5.41) is 2.82. The van der Waals surface area contributed by atoms with Crippen LogP contribution in [0.3, 0.4) is 0 Å². The number of aryl methyl sites for hydroxylation is 1. The summed E-state index contributed by atoms with van der Waals surface area (Å²) in [6.45, 7) is 5.44. The number of aromatic nitrogens is 2. The van der Waals surface area contributed by atoms with Gasteiger partial charge in [-0.15, -0.1) is 11.3 Å². The van der Waals surface area contributed by atoms with Crippen LogP contribution in [-0.4, -0.2) is 30.0 Å². The monoisotopic (exact) mass is 356 g/mol. The molecule has 6 heteroatoms. The third kappa shape index (κ3) is 2.93. The number of methoxy groups -OCH3 is 2. The van der Waals surface area contributed by atoms with Crippen molar-refractivity contribution in [2.45, 2.75) is 20.8 Å². The molecule has 0 fully saturated rings. The van der Waals surface area contributed by atoms with Gasteiger partial charge in [-0.25, -0.2) is 4.98 Å². The molecule has 0 saturated carbocycles. The van der Waals surface area contributed by atoms with E-state index in [1.54, 1.807) is 21.1 Å². The van der Waals surface area contributed by atoms with Gasteiger partial charge in [-0.1, -0.05) is 6.07 Å². The molecule has 2 heterocycles. The number of para-hydroxylation sites is 1. The second kappa shape index (κ2) is 6.72. The van der Waals surface area contributed by atoms with Gasteiger partial charge in [0.25, 0.3) is 0 Å². The lowest BCUT2D eigenvalue weighted by Crippen LogP contribution is -1.95. The fourth-order valence-electron chi connectivity index (χ4n) is 3.10. The predicted molar refractivity (Wildman–Crippen MR) is 99.9 cm³/mol. The van der Waals surface area contributed by atoms with Gasteiger partial charge in [0.1, 0.15) is 5.01 Å². The first-order chi connectivity index (χ1) is 12.0. The van der Waals surface area contributed by atoms with Gasteiger partial charge in [-0.2, -0.15) is 0 Å². The Morgan fingerprint density at radius 3 is 2.56 bits per heavy atom. The summed E-state index contributed by atoms with van der Waals surface area (Å²) in [7, 11) is 3.23. The molecule has 0 spiro atoms. The van der Waals surface area contributed by atoms with E-state index < -0.39 is 0 Å². The number of hydrogen-bond donors (Lipinski definition) is 1. The van der Waals surface area contributed by atoms with Crippen molar-refractivity contribution in [3.05, 3.63) is 40.4 Å². The Labute approximate surface area is 150 Å². The Morgan fingerprint density at radius 2 is 1.96 bits per heavy atom. The molecule has 0 aliphatic rings. The number of benzene rings is 1. The Bertz CT molecular complexity index is 940. The first-order valence-corrected chi connectivity index (χ1v) is 8.73. The minimum absolute atomic E-state index is 0.0578. The van der Waals surface area contributed by atoms with E-state index in [9.17, 15) is 4.79 Å². The van der Waals surface area contributed by atoms with Crippen LogP contribution < -0.4 is 9.47 Å². The Balaban J connectivity index is 2.08. The summed E-state index contributed by atoms with van der Waals surface area (Å²) in [4.78, 5) is 19.9. The van der Waals surface area contributed by atoms with Crippen LogP contribution in [0.2, 0.25) is 0 Å². The number of ether oxygens (including phenoxy) is 2. The zero-order valence-electron chi connectivity index (χ0n) is 14.9. The van der Waals surface area contributed by atoms with Crippen LogP contribution in [-0.2, 0) is 0 Å². The molecule has 0 aliphatic carbocycles. The number of carbonyl (C=O) groups excluding carboxylic acids is 1. The van der Waals surface area contributed by atoms with Gasteiger partial charge < -0.3 is 14.5 Å². The molecule has 0 bridgehead atoms. The number of aromatic amines is 1. The average Bonchev–Trinajstić information content (AvgIpc) is 3.18. The third-order valence-corrected chi connectivity index (χ3v) is 5.06. The summed E-state index contributed by atoms with van der Waals surface area (Å²) in [5.41, 5.74) is 5.12. The Morgan fingerprint density at radius 1 is 1.20 bits per heavy atom.